The zero-order chi connectivity index (χ0) is 21.6. The Kier molecular flexibility index (Phi) is 7.81. The van der Waals surface area contributed by atoms with Gasteiger partial charge in [-0.05, 0) is 43.0 Å². The van der Waals surface area contributed by atoms with Crippen LogP contribution in [-0.2, 0) is 19.6 Å². The number of hydrogen-bond acceptors (Lipinski definition) is 7. The molecule has 1 amide bonds. The minimum absolute atomic E-state index is 0.0217. The number of ether oxygens (including phenoxy) is 2. The summed E-state index contributed by atoms with van der Waals surface area (Å²) in [6.45, 7) is 3.83. The molecule has 0 aromatic heterocycles. The van der Waals surface area contributed by atoms with Crippen molar-refractivity contribution in [3.05, 3.63) is 29.8 Å². The van der Waals surface area contributed by atoms with E-state index in [1.807, 2.05) is 11.8 Å². The molecular weight excluding hydrogens is 426 g/mol. The highest BCUT2D eigenvalue weighted by molar-refractivity contribution is 7.99. The fraction of sp³-hybridized carbons (Fsp3) is 0.550. The summed E-state index contributed by atoms with van der Waals surface area (Å²) in [4.78, 5) is 14.9. The third-order valence-electron chi connectivity index (χ3n) is 5.53. The molecule has 0 bridgehead atoms. The standard InChI is InChI=1S/C20H29N3O5S2/c1-21-30(25,26)18-13-16(3-5-17(18)27-2)4-6-19(24)22-14-20(7-12-29-15-20)23-8-10-28-11-9-23/h3-6,13,21H,7-12,14-15H2,1-2H3,(H,22,24)/b6-4+. The Bertz CT molecular complexity index is 876. The van der Waals surface area contributed by atoms with Gasteiger partial charge in [0.25, 0.3) is 0 Å². The fourth-order valence-corrected chi connectivity index (χ4v) is 6.14. The SMILES string of the molecule is CNS(=O)(=O)c1cc(/C=C/C(=O)NCC2(N3CCOCC3)CCSC2)ccc1OC. The first-order valence-corrected chi connectivity index (χ1v) is 12.5. The van der Waals surface area contributed by atoms with Gasteiger partial charge in [0.05, 0.1) is 20.3 Å². The maximum absolute atomic E-state index is 12.5. The molecule has 2 aliphatic heterocycles. The number of carbonyl (C=O) groups is 1. The molecule has 1 atom stereocenters. The number of methoxy groups -OCH3 is 1. The van der Waals surface area contributed by atoms with E-state index in [9.17, 15) is 13.2 Å². The number of morpholine rings is 1. The number of benzene rings is 1. The van der Waals surface area contributed by atoms with E-state index in [-0.39, 0.29) is 22.1 Å². The number of nitrogens with one attached hydrogen (secondary N) is 2. The van der Waals surface area contributed by atoms with E-state index in [1.165, 1.54) is 26.3 Å². The van der Waals surface area contributed by atoms with Crippen molar-refractivity contribution in [3.63, 3.8) is 0 Å². The van der Waals surface area contributed by atoms with Crippen molar-refractivity contribution in [2.75, 3.05) is 58.5 Å². The fourth-order valence-electron chi connectivity index (χ4n) is 3.73. The molecule has 0 spiro atoms. The van der Waals surface area contributed by atoms with Crippen molar-refractivity contribution in [2.45, 2.75) is 16.9 Å². The van der Waals surface area contributed by atoms with Crippen LogP contribution in [0.5, 0.6) is 5.75 Å². The largest absolute Gasteiger partial charge is 0.495 e. The second-order valence-corrected chi connectivity index (χ2v) is 10.3. The molecule has 2 aliphatic rings. The summed E-state index contributed by atoms with van der Waals surface area (Å²) in [6.07, 6.45) is 4.09. The first-order chi connectivity index (χ1) is 14.4. The zero-order valence-electron chi connectivity index (χ0n) is 17.3. The third-order valence-corrected chi connectivity index (χ3v) is 8.20. The van der Waals surface area contributed by atoms with Gasteiger partial charge < -0.3 is 14.8 Å². The van der Waals surface area contributed by atoms with Gasteiger partial charge in [-0.2, -0.15) is 11.8 Å². The van der Waals surface area contributed by atoms with Crippen LogP contribution in [0.25, 0.3) is 6.08 Å². The zero-order valence-corrected chi connectivity index (χ0v) is 19.0. The lowest BCUT2D eigenvalue weighted by Gasteiger charge is -2.42. The molecular formula is C20H29N3O5S2. The minimum atomic E-state index is -3.67. The first-order valence-electron chi connectivity index (χ1n) is 9.88. The maximum Gasteiger partial charge on any atom is 0.244 e. The molecule has 1 aromatic carbocycles. The van der Waals surface area contributed by atoms with Crippen LogP contribution >= 0.6 is 11.8 Å². The minimum Gasteiger partial charge on any atom is -0.495 e. The molecule has 2 N–H and O–H groups in total. The maximum atomic E-state index is 12.5. The van der Waals surface area contributed by atoms with E-state index in [0.717, 1.165) is 44.2 Å². The average Bonchev–Trinajstić information content (AvgIpc) is 3.27. The molecule has 8 nitrogen and oxygen atoms in total. The molecule has 2 heterocycles. The van der Waals surface area contributed by atoms with Crippen molar-refractivity contribution >= 4 is 33.8 Å². The summed E-state index contributed by atoms with van der Waals surface area (Å²) in [7, 11) is -0.913. The van der Waals surface area contributed by atoms with Gasteiger partial charge in [0, 0.05) is 37.0 Å². The van der Waals surface area contributed by atoms with Gasteiger partial charge in [0.1, 0.15) is 10.6 Å². The van der Waals surface area contributed by atoms with Gasteiger partial charge in [-0.3, -0.25) is 9.69 Å². The average molecular weight is 456 g/mol. The molecule has 166 valence electrons. The van der Waals surface area contributed by atoms with Crippen LogP contribution in [0, 0.1) is 0 Å². The van der Waals surface area contributed by atoms with Gasteiger partial charge in [-0.25, -0.2) is 13.1 Å². The predicted molar refractivity (Wildman–Crippen MR) is 118 cm³/mol. The van der Waals surface area contributed by atoms with Crippen LogP contribution in [-0.4, -0.2) is 83.3 Å². The lowest BCUT2D eigenvalue weighted by Crippen LogP contribution is -2.59. The molecule has 3 rings (SSSR count). The first kappa shape index (κ1) is 23.1. The number of thioether (sulfide) groups is 1. The molecule has 1 unspecified atom stereocenters. The smallest absolute Gasteiger partial charge is 0.244 e. The molecule has 2 saturated heterocycles. The number of rotatable bonds is 8. The van der Waals surface area contributed by atoms with Gasteiger partial charge in [-0.15, -0.1) is 0 Å². The van der Waals surface area contributed by atoms with Crippen LogP contribution in [0.3, 0.4) is 0 Å². The Morgan fingerprint density at radius 2 is 2.13 bits per heavy atom. The predicted octanol–water partition coefficient (Wildman–Crippen LogP) is 0.941. The number of nitrogens with zero attached hydrogens (tertiary/aromatic N) is 1. The van der Waals surface area contributed by atoms with Crippen molar-refractivity contribution in [3.8, 4) is 5.75 Å². The van der Waals surface area contributed by atoms with Crippen LogP contribution in [0.1, 0.15) is 12.0 Å². The van der Waals surface area contributed by atoms with Crippen LogP contribution < -0.4 is 14.8 Å². The Morgan fingerprint density at radius 3 is 2.77 bits per heavy atom. The molecule has 0 aliphatic carbocycles. The van der Waals surface area contributed by atoms with Gasteiger partial charge in [0.15, 0.2) is 0 Å². The lowest BCUT2D eigenvalue weighted by atomic mass is 9.95. The highest BCUT2D eigenvalue weighted by Crippen LogP contribution is 2.33. The quantitative estimate of drug-likeness (QED) is 0.563. The van der Waals surface area contributed by atoms with E-state index >= 15 is 0 Å². The lowest BCUT2D eigenvalue weighted by molar-refractivity contribution is -0.117. The van der Waals surface area contributed by atoms with Crippen molar-refractivity contribution in [2.24, 2.45) is 0 Å². The van der Waals surface area contributed by atoms with Crippen LogP contribution in [0.2, 0.25) is 0 Å². The molecule has 2 fully saturated rings. The topological polar surface area (TPSA) is 97.0 Å². The van der Waals surface area contributed by atoms with E-state index < -0.39 is 10.0 Å². The molecule has 30 heavy (non-hydrogen) atoms. The van der Waals surface area contributed by atoms with Crippen molar-refractivity contribution < 1.29 is 22.7 Å². The van der Waals surface area contributed by atoms with E-state index in [0.29, 0.717) is 12.1 Å². The second kappa shape index (κ2) is 10.1. The summed E-state index contributed by atoms with van der Waals surface area (Å²) in [5, 5.41) is 3.03. The second-order valence-electron chi connectivity index (χ2n) is 7.30. The third kappa shape index (κ3) is 5.36. The van der Waals surface area contributed by atoms with E-state index in [1.54, 1.807) is 18.2 Å². The van der Waals surface area contributed by atoms with E-state index in [2.05, 4.69) is 14.9 Å². The molecule has 1 aromatic rings. The molecule has 0 radical (unpaired) electrons. The van der Waals surface area contributed by atoms with E-state index in [4.69, 9.17) is 9.47 Å². The summed E-state index contributed by atoms with van der Waals surface area (Å²) < 4.78 is 37.3. The normalized spacial score (nSPS) is 23.0. The van der Waals surface area contributed by atoms with Crippen LogP contribution in [0.4, 0.5) is 0 Å². The highest BCUT2D eigenvalue weighted by atomic mass is 32.2. The summed E-state index contributed by atoms with van der Waals surface area (Å²) in [6, 6.07) is 4.77. The Labute approximate surface area is 182 Å². The Hall–Kier alpha value is -1.59. The number of carbonyl (C=O) groups excluding carboxylic acids is 1. The number of amides is 1. The summed E-state index contributed by atoms with van der Waals surface area (Å²) in [5.41, 5.74) is 0.575. The Morgan fingerprint density at radius 1 is 1.37 bits per heavy atom. The van der Waals surface area contributed by atoms with Crippen molar-refractivity contribution in [1.29, 1.82) is 0 Å². The monoisotopic (exact) mass is 455 g/mol. The summed E-state index contributed by atoms with van der Waals surface area (Å²) >= 11 is 1.92. The highest BCUT2D eigenvalue weighted by Gasteiger charge is 2.40. The Balaban J connectivity index is 1.66. The van der Waals surface area contributed by atoms with Crippen molar-refractivity contribution in [1.82, 2.24) is 14.9 Å². The number of sulfonamides is 1. The number of hydrogen-bond donors (Lipinski definition) is 2. The molecule has 10 heteroatoms. The van der Waals surface area contributed by atoms with Gasteiger partial charge in [-0.1, -0.05) is 6.07 Å². The van der Waals surface area contributed by atoms with Crippen LogP contribution in [0.15, 0.2) is 29.2 Å². The molecule has 0 saturated carbocycles. The van der Waals surface area contributed by atoms with Gasteiger partial charge in [0.2, 0.25) is 15.9 Å². The van der Waals surface area contributed by atoms with Gasteiger partial charge >= 0.3 is 0 Å². The summed E-state index contributed by atoms with van der Waals surface area (Å²) in [5.74, 6) is 2.14.